The molecule has 1 aromatic carbocycles. The smallest absolute Gasteiger partial charge is 0.225 e. The van der Waals surface area contributed by atoms with Gasteiger partial charge in [0.15, 0.2) is 0 Å². The SMILES string of the molecule is NCC(CC(=O)Nc1ccc2c(c1)CNCC2)c1ccc(Br)s1. The van der Waals surface area contributed by atoms with E-state index in [1.807, 2.05) is 18.2 Å². The van der Waals surface area contributed by atoms with Crippen LogP contribution in [-0.4, -0.2) is 19.0 Å². The highest BCUT2D eigenvalue weighted by atomic mass is 79.9. The first-order chi connectivity index (χ1) is 11.2. The van der Waals surface area contributed by atoms with Gasteiger partial charge in [-0.2, -0.15) is 0 Å². The Labute approximate surface area is 148 Å². The molecule has 4 nitrogen and oxygen atoms in total. The van der Waals surface area contributed by atoms with Gasteiger partial charge < -0.3 is 16.4 Å². The lowest BCUT2D eigenvalue weighted by atomic mass is 10.00. The number of nitrogens with two attached hydrogens (primary N) is 1. The van der Waals surface area contributed by atoms with E-state index < -0.39 is 0 Å². The molecule has 1 aromatic heterocycles. The Bertz CT molecular complexity index is 701. The van der Waals surface area contributed by atoms with Crippen LogP contribution in [0.2, 0.25) is 0 Å². The number of carbonyl (C=O) groups is 1. The molecule has 122 valence electrons. The minimum absolute atomic E-state index is 0.00805. The molecule has 0 radical (unpaired) electrons. The van der Waals surface area contributed by atoms with Crippen molar-refractivity contribution in [3.05, 3.63) is 50.1 Å². The van der Waals surface area contributed by atoms with Crippen molar-refractivity contribution in [3.8, 4) is 0 Å². The van der Waals surface area contributed by atoms with Crippen LogP contribution in [0.4, 0.5) is 5.69 Å². The van der Waals surface area contributed by atoms with Crippen LogP contribution < -0.4 is 16.4 Å². The molecule has 0 spiro atoms. The van der Waals surface area contributed by atoms with Crippen LogP contribution in [0.15, 0.2) is 34.1 Å². The highest BCUT2D eigenvalue weighted by Crippen LogP contribution is 2.30. The van der Waals surface area contributed by atoms with Gasteiger partial charge in [0.05, 0.1) is 3.79 Å². The van der Waals surface area contributed by atoms with Gasteiger partial charge in [-0.3, -0.25) is 4.79 Å². The minimum atomic E-state index is 0.00805. The molecule has 6 heteroatoms. The van der Waals surface area contributed by atoms with Crippen LogP contribution in [0.5, 0.6) is 0 Å². The molecule has 3 rings (SSSR count). The molecular weight excluding hydrogens is 374 g/mol. The van der Waals surface area contributed by atoms with Crippen molar-refractivity contribution >= 4 is 38.9 Å². The zero-order valence-corrected chi connectivity index (χ0v) is 15.2. The van der Waals surface area contributed by atoms with E-state index in [9.17, 15) is 4.79 Å². The molecule has 1 aliphatic rings. The van der Waals surface area contributed by atoms with Gasteiger partial charge in [-0.15, -0.1) is 11.3 Å². The second-order valence-corrected chi connectivity index (χ2v) is 8.23. The normalized spacial score (nSPS) is 15.0. The molecule has 0 saturated heterocycles. The lowest BCUT2D eigenvalue weighted by Crippen LogP contribution is -2.24. The average molecular weight is 394 g/mol. The van der Waals surface area contributed by atoms with Crippen molar-refractivity contribution in [1.29, 1.82) is 0 Å². The average Bonchev–Trinajstić information content (AvgIpc) is 2.99. The fraction of sp³-hybridized carbons (Fsp3) is 0.353. The van der Waals surface area contributed by atoms with Gasteiger partial charge in [-0.05, 0) is 64.3 Å². The van der Waals surface area contributed by atoms with Crippen LogP contribution in [-0.2, 0) is 17.8 Å². The van der Waals surface area contributed by atoms with E-state index in [-0.39, 0.29) is 11.8 Å². The molecule has 0 fully saturated rings. The first-order valence-electron chi connectivity index (χ1n) is 7.73. The summed E-state index contributed by atoms with van der Waals surface area (Å²) >= 11 is 5.09. The number of nitrogens with one attached hydrogen (secondary N) is 2. The summed E-state index contributed by atoms with van der Waals surface area (Å²) in [5, 5.41) is 6.36. The highest BCUT2D eigenvalue weighted by Gasteiger charge is 2.17. The third-order valence-electron chi connectivity index (χ3n) is 4.09. The maximum absolute atomic E-state index is 12.3. The van der Waals surface area contributed by atoms with Crippen molar-refractivity contribution in [1.82, 2.24) is 5.32 Å². The Morgan fingerprint density at radius 2 is 2.22 bits per heavy atom. The number of halogens is 1. The van der Waals surface area contributed by atoms with Crippen molar-refractivity contribution < 1.29 is 4.79 Å². The van der Waals surface area contributed by atoms with Crippen molar-refractivity contribution in [2.24, 2.45) is 5.73 Å². The van der Waals surface area contributed by atoms with Gasteiger partial charge >= 0.3 is 0 Å². The Morgan fingerprint density at radius 1 is 1.35 bits per heavy atom. The molecule has 0 aliphatic carbocycles. The number of fused-ring (bicyclic) bond motifs is 1. The van der Waals surface area contributed by atoms with Gasteiger partial charge in [-0.1, -0.05) is 6.07 Å². The van der Waals surface area contributed by atoms with Gasteiger partial charge in [0.25, 0.3) is 0 Å². The molecule has 0 saturated carbocycles. The second-order valence-electron chi connectivity index (χ2n) is 5.74. The van der Waals surface area contributed by atoms with Crippen LogP contribution in [0.1, 0.15) is 28.3 Å². The molecule has 1 atom stereocenters. The predicted molar refractivity (Wildman–Crippen MR) is 98.9 cm³/mol. The number of rotatable bonds is 5. The molecule has 1 amide bonds. The maximum Gasteiger partial charge on any atom is 0.225 e. The zero-order valence-electron chi connectivity index (χ0n) is 12.8. The minimum Gasteiger partial charge on any atom is -0.330 e. The first kappa shape index (κ1) is 16.6. The van der Waals surface area contributed by atoms with E-state index in [0.717, 1.165) is 33.9 Å². The number of benzene rings is 1. The summed E-state index contributed by atoms with van der Waals surface area (Å²) in [6, 6.07) is 10.2. The van der Waals surface area contributed by atoms with Crippen molar-refractivity contribution in [3.63, 3.8) is 0 Å². The summed E-state index contributed by atoms with van der Waals surface area (Å²) in [5.41, 5.74) is 9.35. The van der Waals surface area contributed by atoms with E-state index in [0.29, 0.717) is 13.0 Å². The first-order valence-corrected chi connectivity index (χ1v) is 9.34. The number of hydrogen-bond acceptors (Lipinski definition) is 4. The standard InChI is InChI=1S/C17H20BrN3OS/c18-16-4-3-15(23-16)12(9-19)8-17(22)21-14-2-1-11-5-6-20-10-13(11)7-14/h1-4,7,12,20H,5-6,8-10,19H2,(H,21,22). The van der Waals surface area contributed by atoms with Crippen LogP contribution in [0, 0.1) is 0 Å². The molecule has 0 bridgehead atoms. The van der Waals surface area contributed by atoms with Crippen LogP contribution >= 0.6 is 27.3 Å². The number of thiophene rings is 1. The van der Waals surface area contributed by atoms with Crippen molar-refractivity contribution in [2.45, 2.75) is 25.3 Å². The number of carbonyl (C=O) groups excluding carboxylic acids is 1. The summed E-state index contributed by atoms with van der Waals surface area (Å²) in [6.07, 6.45) is 1.45. The van der Waals surface area contributed by atoms with E-state index in [1.165, 1.54) is 11.1 Å². The topological polar surface area (TPSA) is 67.2 Å². The molecule has 1 unspecified atom stereocenters. The van der Waals surface area contributed by atoms with E-state index in [4.69, 9.17) is 5.73 Å². The lowest BCUT2D eigenvalue weighted by molar-refractivity contribution is -0.116. The van der Waals surface area contributed by atoms with E-state index in [1.54, 1.807) is 11.3 Å². The maximum atomic E-state index is 12.3. The monoisotopic (exact) mass is 393 g/mol. The summed E-state index contributed by atoms with van der Waals surface area (Å²) in [6.45, 7) is 2.36. The summed E-state index contributed by atoms with van der Waals surface area (Å²) in [4.78, 5) is 13.5. The van der Waals surface area contributed by atoms with Gasteiger partial charge in [0.2, 0.25) is 5.91 Å². The molecule has 2 aromatic rings. The molecule has 23 heavy (non-hydrogen) atoms. The van der Waals surface area contributed by atoms with Crippen molar-refractivity contribution in [2.75, 3.05) is 18.4 Å². The molecule has 1 aliphatic heterocycles. The summed E-state index contributed by atoms with van der Waals surface area (Å²) < 4.78 is 1.06. The van der Waals surface area contributed by atoms with Gasteiger partial charge in [-0.25, -0.2) is 0 Å². The molecule has 4 N–H and O–H groups in total. The van der Waals surface area contributed by atoms with E-state index in [2.05, 4.69) is 38.7 Å². The zero-order chi connectivity index (χ0) is 16.2. The van der Waals surface area contributed by atoms with Crippen LogP contribution in [0.3, 0.4) is 0 Å². The predicted octanol–water partition coefficient (Wildman–Crippen LogP) is 3.23. The van der Waals surface area contributed by atoms with E-state index >= 15 is 0 Å². The Hall–Kier alpha value is -1.21. The third kappa shape index (κ3) is 4.20. The fourth-order valence-electron chi connectivity index (χ4n) is 2.84. The fourth-order valence-corrected chi connectivity index (χ4v) is 4.38. The quantitative estimate of drug-likeness (QED) is 0.730. The third-order valence-corrected chi connectivity index (χ3v) is 5.88. The summed E-state index contributed by atoms with van der Waals surface area (Å²) in [7, 11) is 0. The summed E-state index contributed by atoms with van der Waals surface area (Å²) in [5.74, 6) is 0.0688. The highest BCUT2D eigenvalue weighted by molar-refractivity contribution is 9.11. The molecule has 2 heterocycles. The second kappa shape index (κ2) is 7.57. The molecular formula is C17H20BrN3OS. The lowest BCUT2D eigenvalue weighted by Gasteiger charge is -2.18. The number of hydrogen-bond donors (Lipinski definition) is 3. The number of amides is 1. The Morgan fingerprint density at radius 3 is 2.96 bits per heavy atom. The number of anilines is 1. The van der Waals surface area contributed by atoms with Gasteiger partial charge in [0.1, 0.15) is 0 Å². The van der Waals surface area contributed by atoms with Gasteiger partial charge in [0, 0.05) is 36.0 Å². The Balaban J connectivity index is 1.64. The largest absolute Gasteiger partial charge is 0.330 e. The Kier molecular flexibility index (Phi) is 5.48. The van der Waals surface area contributed by atoms with Crippen LogP contribution in [0.25, 0.3) is 0 Å².